The van der Waals surface area contributed by atoms with E-state index < -0.39 is 0 Å². The molecule has 1 aliphatic rings. The smallest absolute Gasteiger partial charge is 0.259 e. The van der Waals surface area contributed by atoms with Crippen LogP contribution in [0.1, 0.15) is 40.1 Å². The van der Waals surface area contributed by atoms with Crippen molar-refractivity contribution in [1.82, 2.24) is 15.2 Å². The number of aliphatic hydroxyl groups excluding tert-OH is 1. The van der Waals surface area contributed by atoms with E-state index in [0.29, 0.717) is 11.1 Å². The molecule has 6 nitrogen and oxygen atoms in total. The number of carbonyl (C=O) groups is 2. The van der Waals surface area contributed by atoms with Crippen LogP contribution in [0.3, 0.4) is 0 Å². The Labute approximate surface area is 180 Å². The Morgan fingerprint density at radius 1 is 1.00 bits per heavy atom. The highest BCUT2D eigenvalue weighted by Crippen LogP contribution is 2.41. The third-order valence-electron chi connectivity index (χ3n) is 5.48. The molecule has 0 saturated carbocycles. The highest BCUT2D eigenvalue weighted by atomic mass is 16.2. The Morgan fingerprint density at radius 2 is 1.71 bits per heavy atom. The van der Waals surface area contributed by atoms with E-state index in [1.807, 2.05) is 55.7 Å². The Morgan fingerprint density at radius 3 is 2.42 bits per heavy atom. The van der Waals surface area contributed by atoms with Crippen LogP contribution >= 0.6 is 0 Å². The quantitative estimate of drug-likeness (QED) is 0.441. The van der Waals surface area contributed by atoms with Crippen molar-refractivity contribution in [3.8, 4) is 0 Å². The lowest BCUT2D eigenvalue weighted by Gasteiger charge is -2.10. The number of para-hydroxylation sites is 1. The zero-order valence-electron chi connectivity index (χ0n) is 17.8. The topological polar surface area (TPSA) is 83.4 Å². The first-order chi connectivity index (χ1) is 15.1. The maximum absolute atomic E-state index is 12.8. The predicted octanol–water partition coefficient (Wildman–Crippen LogP) is 4.04. The molecule has 1 aromatic heterocycles. The number of aromatic nitrogens is 1. The van der Waals surface area contributed by atoms with Crippen LogP contribution in [0.4, 0.5) is 0 Å². The van der Waals surface area contributed by atoms with Crippen molar-refractivity contribution in [2.45, 2.75) is 20.4 Å². The van der Waals surface area contributed by atoms with Crippen molar-refractivity contribution >= 4 is 50.5 Å². The van der Waals surface area contributed by atoms with Crippen LogP contribution in [0.25, 0.3) is 38.7 Å². The first-order valence-corrected chi connectivity index (χ1v) is 10.4. The minimum absolute atomic E-state index is 0.250. The summed E-state index contributed by atoms with van der Waals surface area (Å²) in [7, 11) is 1.84. The number of aliphatic hydroxyl groups is 1. The van der Waals surface area contributed by atoms with Crippen LogP contribution in [0.5, 0.6) is 0 Å². The summed E-state index contributed by atoms with van der Waals surface area (Å²) >= 11 is 0. The zero-order valence-corrected chi connectivity index (χ0v) is 17.8. The van der Waals surface area contributed by atoms with E-state index in [1.54, 1.807) is 6.92 Å². The molecule has 0 unspecified atom stereocenters. The van der Waals surface area contributed by atoms with Gasteiger partial charge < -0.3 is 15.0 Å². The maximum Gasteiger partial charge on any atom is 0.259 e. The van der Waals surface area contributed by atoms with Crippen LogP contribution in [-0.2, 0) is 6.54 Å². The van der Waals surface area contributed by atoms with Crippen molar-refractivity contribution < 1.29 is 14.7 Å². The second-order valence-corrected chi connectivity index (χ2v) is 7.26. The van der Waals surface area contributed by atoms with Gasteiger partial charge >= 0.3 is 0 Å². The molecule has 0 spiro atoms. The van der Waals surface area contributed by atoms with E-state index in [1.165, 1.54) is 0 Å². The molecule has 0 bridgehead atoms. The normalized spacial score (nSPS) is 13.0. The number of nitrogens with one attached hydrogen (secondary N) is 2. The summed E-state index contributed by atoms with van der Waals surface area (Å²) in [5, 5.41) is 16.7. The number of hydrogen-bond donors (Lipinski definition) is 3. The van der Waals surface area contributed by atoms with Crippen molar-refractivity contribution in [3.63, 3.8) is 0 Å². The summed E-state index contributed by atoms with van der Waals surface area (Å²) in [6, 6.07) is 14.1. The molecule has 0 aliphatic carbocycles. The molecule has 3 N–H and O–H groups in total. The first-order valence-electron chi connectivity index (χ1n) is 10.4. The van der Waals surface area contributed by atoms with Gasteiger partial charge in [0.25, 0.3) is 11.8 Å². The highest BCUT2D eigenvalue weighted by molar-refractivity contribution is 6.37. The van der Waals surface area contributed by atoms with Gasteiger partial charge in [0.15, 0.2) is 0 Å². The van der Waals surface area contributed by atoms with Gasteiger partial charge in [0.2, 0.25) is 0 Å². The molecule has 2 heterocycles. The van der Waals surface area contributed by atoms with Gasteiger partial charge in [-0.15, -0.1) is 0 Å². The van der Waals surface area contributed by atoms with Crippen LogP contribution < -0.4 is 10.6 Å². The monoisotopic (exact) mass is 415 g/mol. The summed E-state index contributed by atoms with van der Waals surface area (Å²) in [6.45, 7) is 4.80. The molecule has 158 valence electrons. The second kappa shape index (κ2) is 8.24. The average Bonchev–Trinajstić information content (AvgIpc) is 3.26. The number of aryl methyl sites for hydroxylation is 1. The first kappa shape index (κ1) is 20.6. The summed E-state index contributed by atoms with van der Waals surface area (Å²) in [6.07, 6.45) is 3.79. The van der Waals surface area contributed by atoms with Crippen LogP contribution in [0, 0.1) is 0 Å². The molecule has 5 rings (SSSR count). The molecular weight excluding hydrogens is 390 g/mol. The zero-order chi connectivity index (χ0) is 22.1. The third-order valence-corrected chi connectivity index (χ3v) is 5.48. The number of carbonyl (C=O) groups excluding carboxylic acids is 2. The third kappa shape index (κ3) is 3.16. The lowest BCUT2D eigenvalue weighted by molar-refractivity contribution is 0.0880. The van der Waals surface area contributed by atoms with Crippen LogP contribution in [-0.4, -0.2) is 35.1 Å². The standard InChI is InChI=1S/C23H19N3O2.C2H6O/c1-3-26-17-7-5-4-6-15(17)18-20-19(22(27)25-23(20)28)16-12-13(10-11-24-2)8-9-14(16)21(18)26;1-2-3/h4-12,24H,3H2,1-2H3,(H,25,27,28);3H,2H2,1H3/b11-10-;. The fourth-order valence-electron chi connectivity index (χ4n) is 4.37. The lowest BCUT2D eigenvalue weighted by Crippen LogP contribution is -2.20. The lowest BCUT2D eigenvalue weighted by atomic mass is 9.93. The molecule has 1 aliphatic heterocycles. The molecule has 0 fully saturated rings. The predicted molar refractivity (Wildman–Crippen MR) is 125 cm³/mol. The van der Waals surface area contributed by atoms with E-state index in [2.05, 4.69) is 28.2 Å². The second-order valence-electron chi connectivity index (χ2n) is 7.26. The number of hydrogen-bond acceptors (Lipinski definition) is 4. The van der Waals surface area contributed by atoms with E-state index >= 15 is 0 Å². The highest BCUT2D eigenvalue weighted by Gasteiger charge is 2.34. The minimum Gasteiger partial charge on any atom is -0.397 e. The van der Waals surface area contributed by atoms with Crippen LogP contribution in [0.15, 0.2) is 48.7 Å². The summed E-state index contributed by atoms with van der Waals surface area (Å²) in [5.41, 5.74) is 4.01. The fraction of sp³-hybridized carbons (Fsp3) is 0.200. The van der Waals surface area contributed by atoms with Gasteiger partial charge in [0.1, 0.15) is 0 Å². The minimum atomic E-state index is -0.324. The summed E-state index contributed by atoms with van der Waals surface area (Å²) in [4.78, 5) is 25.5. The van der Waals surface area contributed by atoms with Gasteiger partial charge in [-0.25, -0.2) is 0 Å². The molecule has 6 heteroatoms. The van der Waals surface area contributed by atoms with Gasteiger partial charge in [-0.1, -0.05) is 30.3 Å². The molecule has 31 heavy (non-hydrogen) atoms. The summed E-state index contributed by atoms with van der Waals surface area (Å²) in [5.74, 6) is -0.642. The molecule has 0 atom stereocenters. The van der Waals surface area contributed by atoms with Gasteiger partial charge in [0.05, 0.1) is 16.6 Å². The van der Waals surface area contributed by atoms with E-state index in [0.717, 1.165) is 44.7 Å². The molecule has 0 radical (unpaired) electrons. The molecule has 4 aromatic rings. The molecule has 0 saturated heterocycles. The van der Waals surface area contributed by atoms with Gasteiger partial charge in [-0.05, 0) is 49.2 Å². The summed E-state index contributed by atoms with van der Waals surface area (Å²) < 4.78 is 2.23. The van der Waals surface area contributed by atoms with Gasteiger partial charge in [0, 0.05) is 41.9 Å². The maximum atomic E-state index is 12.8. The van der Waals surface area contributed by atoms with E-state index in [9.17, 15) is 9.59 Å². The van der Waals surface area contributed by atoms with Crippen LogP contribution in [0.2, 0.25) is 0 Å². The number of amides is 2. The molecule has 2 amide bonds. The van der Waals surface area contributed by atoms with Crippen molar-refractivity contribution in [1.29, 1.82) is 0 Å². The number of nitrogens with zero attached hydrogens (tertiary/aromatic N) is 1. The van der Waals surface area contributed by atoms with Crippen molar-refractivity contribution in [3.05, 3.63) is 65.4 Å². The number of fused-ring (bicyclic) bond motifs is 8. The Kier molecular flexibility index (Phi) is 5.48. The van der Waals surface area contributed by atoms with Gasteiger partial charge in [-0.3, -0.25) is 14.9 Å². The largest absolute Gasteiger partial charge is 0.397 e. The van der Waals surface area contributed by atoms with Crippen molar-refractivity contribution in [2.75, 3.05) is 13.7 Å². The SMILES string of the molecule is CCO.CCn1c2ccccc2c2c3c(c4cc(/C=C\NC)ccc4c21)C(=O)NC3=O. The Balaban J connectivity index is 0.000000730. The Bertz CT molecular complexity index is 1370. The number of imide groups is 1. The molecular formula is C25H25N3O3. The van der Waals surface area contributed by atoms with Crippen molar-refractivity contribution in [2.24, 2.45) is 0 Å². The Hall–Kier alpha value is -3.64. The van der Waals surface area contributed by atoms with E-state index in [4.69, 9.17) is 5.11 Å². The fourth-order valence-corrected chi connectivity index (χ4v) is 4.37. The van der Waals surface area contributed by atoms with E-state index in [-0.39, 0.29) is 18.4 Å². The molecule has 3 aromatic carbocycles. The number of rotatable bonds is 3. The average molecular weight is 415 g/mol. The number of benzene rings is 3. The van der Waals surface area contributed by atoms with Gasteiger partial charge in [-0.2, -0.15) is 0 Å².